The van der Waals surface area contributed by atoms with Crippen molar-refractivity contribution in [3.8, 4) is 0 Å². The van der Waals surface area contributed by atoms with Gasteiger partial charge in [-0.25, -0.2) is 0 Å². The molecule has 0 aromatic heterocycles. The number of nitro groups is 1. The van der Waals surface area contributed by atoms with E-state index in [1.54, 1.807) is 12.1 Å². The van der Waals surface area contributed by atoms with E-state index in [-0.39, 0.29) is 16.4 Å². The first-order valence-corrected chi connectivity index (χ1v) is 10.6. The smallest absolute Gasteiger partial charge is 0.293 e. The van der Waals surface area contributed by atoms with E-state index >= 15 is 0 Å². The molecular formula is C22H26N4O4S. The van der Waals surface area contributed by atoms with Gasteiger partial charge < -0.3 is 15.0 Å². The van der Waals surface area contributed by atoms with E-state index in [0.29, 0.717) is 37.9 Å². The molecule has 3 rings (SSSR count). The van der Waals surface area contributed by atoms with Crippen LogP contribution in [0.2, 0.25) is 0 Å². The molecule has 1 aliphatic rings. The molecule has 1 atom stereocenters. The van der Waals surface area contributed by atoms with Gasteiger partial charge in [0.05, 0.1) is 18.1 Å². The lowest BCUT2D eigenvalue weighted by Crippen LogP contribution is -2.37. The van der Waals surface area contributed by atoms with Crippen molar-refractivity contribution in [2.75, 3.05) is 36.5 Å². The molecule has 0 aliphatic carbocycles. The van der Waals surface area contributed by atoms with Crippen LogP contribution in [0, 0.1) is 10.1 Å². The molecule has 2 N–H and O–H groups in total. The van der Waals surface area contributed by atoms with Gasteiger partial charge in [0.1, 0.15) is 5.69 Å². The van der Waals surface area contributed by atoms with Crippen molar-refractivity contribution >= 4 is 40.3 Å². The molecule has 2 aromatic carbocycles. The minimum Gasteiger partial charge on any atom is -0.378 e. The zero-order valence-electron chi connectivity index (χ0n) is 17.6. The highest BCUT2D eigenvalue weighted by Crippen LogP contribution is 2.30. The Bertz CT molecular complexity index is 958. The summed E-state index contributed by atoms with van der Waals surface area (Å²) in [6.07, 6.45) is 1.05. The first-order chi connectivity index (χ1) is 14.9. The predicted molar refractivity (Wildman–Crippen MR) is 125 cm³/mol. The van der Waals surface area contributed by atoms with Crippen molar-refractivity contribution in [3.63, 3.8) is 0 Å². The summed E-state index contributed by atoms with van der Waals surface area (Å²) in [5.74, 6) is -0.0396. The molecule has 1 amide bonds. The highest BCUT2D eigenvalue weighted by Gasteiger charge is 2.23. The first kappa shape index (κ1) is 22.6. The Morgan fingerprint density at radius 2 is 1.90 bits per heavy atom. The number of amides is 1. The fraction of sp³-hybridized carbons (Fsp3) is 0.364. The number of carbonyl (C=O) groups is 1. The molecule has 1 aliphatic heterocycles. The van der Waals surface area contributed by atoms with Gasteiger partial charge in [-0.05, 0) is 54.4 Å². The zero-order valence-corrected chi connectivity index (χ0v) is 18.4. The number of morpholine rings is 1. The summed E-state index contributed by atoms with van der Waals surface area (Å²) >= 11 is 5.23. The molecule has 1 heterocycles. The summed E-state index contributed by atoms with van der Waals surface area (Å²) < 4.78 is 5.30. The number of anilines is 2. The highest BCUT2D eigenvalue weighted by atomic mass is 32.1. The van der Waals surface area contributed by atoms with Crippen molar-refractivity contribution < 1.29 is 14.5 Å². The van der Waals surface area contributed by atoms with E-state index in [2.05, 4.69) is 24.5 Å². The first-order valence-electron chi connectivity index (χ1n) is 10.2. The van der Waals surface area contributed by atoms with Crippen molar-refractivity contribution in [3.05, 3.63) is 63.7 Å². The van der Waals surface area contributed by atoms with E-state index in [0.717, 1.165) is 12.1 Å². The molecule has 8 nitrogen and oxygen atoms in total. The second kappa shape index (κ2) is 10.3. The highest BCUT2D eigenvalue weighted by molar-refractivity contribution is 7.80. The topological polar surface area (TPSA) is 96.7 Å². The van der Waals surface area contributed by atoms with Crippen molar-refractivity contribution in [2.24, 2.45) is 0 Å². The molecule has 31 heavy (non-hydrogen) atoms. The second-order valence-corrected chi connectivity index (χ2v) is 7.81. The van der Waals surface area contributed by atoms with Crippen LogP contribution in [0.3, 0.4) is 0 Å². The third-order valence-corrected chi connectivity index (χ3v) is 5.57. The van der Waals surface area contributed by atoms with Gasteiger partial charge >= 0.3 is 0 Å². The quantitative estimate of drug-likeness (QED) is 0.395. The number of benzene rings is 2. The van der Waals surface area contributed by atoms with Crippen molar-refractivity contribution in [1.29, 1.82) is 0 Å². The fourth-order valence-electron chi connectivity index (χ4n) is 3.35. The molecule has 2 aromatic rings. The third kappa shape index (κ3) is 5.77. The van der Waals surface area contributed by atoms with Crippen LogP contribution in [0.5, 0.6) is 0 Å². The summed E-state index contributed by atoms with van der Waals surface area (Å²) in [6, 6.07) is 12.3. The summed E-state index contributed by atoms with van der Waals surface area (Å²) in [5, 5.41) is 17.3. The molecule has 0 unspecified atom stereocenters. The lowest BCUT2D eigenvalue weighted by atomic mass is 9.99. The van der Waals surface area contributed by atoms with Crippen LogP contribution in [0.4, 0.5) is 17.1 Å². The maximum atomic E-state index is 12.6. The number of nitro benzene ring substituents is 1. The molecule has 0 spiro atoms. The maximum absolute atomic E-state index is 12.6. The monoisotopic (exact) mass is 442 g/mol. The predicted octanol–water partition coefficient (Wildman–Crippen LogP) is 4.07. The molecule has 0 bridgehead atoms. The average molecular weight is 443 g/mol. The number of carbonyl (C=O) groups excluding carboxylic acids is 1. The zero-order chi connectivity index (χ0) is 22.4. The van der Waals surface area contributed by atoms with Crippen LogP contribution in [0.1, 0.15) is 42.1 Å². The Hall–Kier alpha value is -3.04. The maximum Gasteiger partial charge on any atom is 0.293 e. The number of ether oxygens (including phenoxy) is 1. The van der Waals surface area contributed by atoms with Crippen LogP contribution in [0.25, 0.3) is 0 Å². The van der Waals surface area contributed by atoms with Gasteiger partial charge in [-0.2, -0.15) is 0 Å². The summed E-state index contributed by atoms with van der Waals surface area (Å²) in [5.41, 5.74) is 2.52. The minimum absolute atomic E-state index is 0.117. The van der Waals surface area contributed by atoms with Gasteiger partial charge in [0.15, 0.2) is 5.11 Å². The van der Waals surface area contributed by atoms with Gasteiger partial charge in [-0.1, -0.05) is 26.0 Å². The number of nitrogens with zero attached hydrogens (tertiary/aromatic N) is 2. The summed E-state index contributed by atoms with van der Waals surface area (Å²) in [4.78, 5) is 25.6. The van der Waals surface area contributed by atoms with Crippen LogP contribution in [-0.2, 0) is 4.74 Å². The second-order valence-electron chi connectivity index (χ2n) is 7.40. The molecular weight excluding hydrogens is 416 g/mol. The minimum atomic E-state index is -0.509. The Labute approximate surface area is 186 Å². The Morgan fingerprint density at radius 1 is 1.23 bits per heavy atom. The summed E-state index contributed by atoms with van der Waals surface area (Å²) in [6.45, 7) is 6.46. The fourth-order valence-corrected chi connectivity index (χ4v) is 3.56. The Morgan fingerprint density at radius 3 is 2.52 bits per heavy atom. The van der Waals surface area contributed by atoms with Gasteiger partial charge in [0.25, 0.3) is 11.6 Å². The van der Waals surface area contributed by atoms with Crippen LogP contribution < -0.4 is 15.5 Å². The van der Waals surface area contributed by atoms with Gasteiger partial charge in [0, 0.05) is 30.4 Å². The molecule has 9 heteroatoms. The molecule has 1 fully saturated rings. The Kier molecular flexibility index (Phi) is 7.54. The lowest BCUT2D eigenvalue weighted by Gasteiger charge is -2.28. The van der Waals surface area contributed by atoms with E-state index in [1.165, 1.54) is 11.6 Å². The number of hydrogen-bond acceptors (Lipinski definition) is 6. The van der Waals surface area contributed by atoms with Crippen LogP contribution in [0.15, 0.2) is 42.5 Å². The number of hydrogen-bond donors (Lipinski definition) is 2. The van der Waals surface area contributed by atoms with Crippen molar-refractivity contribution in [2.45, 2.75) is 26.2 Å². The standard InChI is InChI=1S/C22H26N4O4S/c1-3-15(2)16-4-7-18(8-5-16)23-22(31)24-21(27)17-6-9-19(20(14-17)26(28)29)25-10-12-30-13-11-25/h4-9,14-15H,3,10-13H2,1-2H3,(H2,23,24,27,31)/t15-/m1/s1. The number of thiocarbonyl (C=S) groups is 1. The SMILES string of the molecule is CC[C@@H](C)c1ccc(NC(=S)NC(=O)c2ccc(N3CCOCC3)c([N+](=O)[O-])c2)cc1. The van der Waals surface area contributed by atoms with Gasteiger partial charge in [-0.15, -0.1) is 0 Å². The molecule has 0 saturated carbocycles. The van der Waals surface area contributed by atoms with Gasteiger partial charge in [0.2, 0.25) is 0 Å². The third-order valence-electron chi connectivity index (χ3n) is 5.36. The van der Waals surface area contributed by atoms with Crippen molar-refractivity contribution in [1.82, 2.24) is 5.32 Å². The van der Waals surface area contributed by atoms with Gasteiger partial charge in [-0.3, -0.25) is 20.2 Å². The van der Waals surface area contributed by atoms with E-state index < -0.39 is 10.8 Å². The molecule has 1 saturated heterocycles. The van der Waals surface area contributed by atoms with E-state index in [4.69, 9.17) is 17.0 Å². The number of rotatable bonds is 6. The van der Waals surface area contributed by atoms with Crippen LogP contribution >= 0.6 is 12.2 Å². The largest absolute Gasteiger partial charge is 0.378 e. The normalized spacial score (nSPS) is 14.6. The Balaban J connectivity index is 1.67. The van der Waals surface area contributed by atoms with E-state index in [9.17, 15) is 14.9 Å². The average Bonchev–Trinajstić information content (AvgIpc) is 2.79. The van der Waals surface area contributed by atoms with E-state index in [1.807, 2.05) is 29.2 Å². The van der Waals surface area contributed by atoms with Crippen LogP contribution in [-0.4, -0.2) is 42.2 Å². The molecule has 0 radical (unpaired) electrons. The number of nitrogens with one attached hydrogen (secondary N) is 2. The summed E-state index contributed by atoms with van der Waals surface area (Å²) in [7, 11) is 0. The lowest BCUT2D eigenvalue weighted by molar-refractivity contribution is -0.384. The molecule has 164 valence electrons.